The zero-order valence-corrected chi connectivity index (χ0v) is 12.5. The standard InChI is InChI=1S/C16H28N2O/c1-17(11-5-9-16-10-6-14-19-16)12-13-18(2)15-7-3-4-8-15/h6,10,14-15H,3-5,7-9,11-13H2,1-2H3. The number of hydrogen-bond acceptors (Lipinski definition) is 3. The first kappa shape index (κ1) is 14.6. The zero-order valence-electron chi connectivity index (χ0n) is 12.5. The van der Waals surface area contributed by atoms with Gasteiger partial charge in [0.1, 0.15) is 5.76 Å². The normalized spacial score (nSPS) is 16.8. The molecule has 1 aromatic rings. The minimum atomic E-state index is 0.844. The van der Waals surface area contributed by atoms with E-state index in [4.69, 9.17) is 4.42 Å². The summed E-state index contributed by atoms with van der Waals surface area (Å²) in [4.78, 5) is 4.99. The molecule has 1 aromatic heterocycles. The summed E-state index contributed by atoms with van der Waals surface area (Å²) in [6, 6.07) is 4.88. The van der Waals surface area contributed by atoms with E-state index in [1.807, 2.05) is 6.07 Å². The van der Waals surface area contributed by atoms with Crippen LogP contribution in [0.3, 0.4) is 0 Å². The lowest BCUT2D eigenvalue weighted by molar-refractivity contribution is 0.206. The first-order valence-electron chi connectivity index (χ1n) is 7.67. The summed E-state index contributed by atoms with van der Waals surface area (Å²) in [6.07, 6.45) is 9.64. The molecule has 3 nitrogen and oxygen atoms in total. The van der Waals surface area contributed by atoms with Gasteiger partial charge in [0, 0.05) is 25.6 Å². The second-order valence-electron chi connectivity index (χ2n) is 5.91. The van der Waals surface area contributed by atoms with Crippen molar-refractivity contribution < 1.29 is 4.42 Å². The van der Waals surface area contributed by atoms with Gasteiger partial charge >= 0.3 is 0 Å². The van der Waals surface area contributed by atoms with Crippen molar-refractivity contribution in [3.63, 3.8) is 0 Å². The molecule has 1 aliphatic carbocycles. The first-order chi connectivity index (χ1) is 9.25. The number of aryl methyl sites for hydroxylation is 1. The topological polar surface area (TPSA) is 19.6 Å². The molecule has 0 N–H and O–H groups in total. The average Bonchev–Trinajstić information content (AvgIpc) is 3.08. The van der Waals surface area contributed by atoms with Gasteiger partial charge in [-0.15, -0.1) is 0 Å². The highest BCUT2D eigenvalue weighted by atomic mass is 16.3. The Morgan fingerprint density at radius 2 is 1.95 bits per heavy atom. The van der Waals surface area contributed by atoms with Crippen LogP contribution in [0.15, 0.2) is 22.8 Å². The molecule has 0 atom stereocenters. The highest BCUT2D eigenvalue weighted by Gasteiger charge is 2.19. The summed E-state index contributed by atoms with van der Waals surface area (Å²) in [5.41, 5.74) is 0. The third-order valence-electron chi connectivity index (χ3n) is 4.33. The Labute approximate surface area is 117 Å². The first-order valence-corrected chi connectivity index (χ1v) is 7.67. The SMILES string of the molecule is CN(CCCc1ccco1)CCN(C)C1CCCC1. The lowest BCUT2D eigenvalue weighted by atomic mass is 10.2. The van der Waals surface area contributed by atoms with E-state index < -0.39 is 0 Å². The molecule has 3 heteroatoms. The van der Waals surface area contributed by atoms with Gasteiger partial charge in [0.2, 0.25) is 0 Å². The van der Waals surface area contributed by atoms with Crippen LogP contribution in [0, 0.1) is 0 Å². The molecule has 2 rings (SSSR count). The van der Waals surface area contributed by atoms with Gasteiger partial charge in [0.05, 0.1) is 6.26 Å². The van der Waals surface area contributed by atoms with E-state index in [-0.39, 0.29) is 0 Å². The predicted molar refractivity (Wildman–Crippen MR) is 79.4 cm³/mol. The highest BCUT2D eigenvalue weighted by molar-refractivity contribution is 4.97. The highest BCUT2D eigenvalue weighted by Crippen LogP contribution is 2.21. The molecule has 108 valence electrons. The molecule has 1 fully saturated rings. The molecular formula is C16H28N2O. The summed E-state index contributed by atoms with van der Waals surface area (Å²) in [5.74, 6) is 1.11. The van der Waals surface area contributed by atoms with Crippen molar-refractivity contribution in [3.8, 4) is 0 Å². The molecule has 0 aromatic carbocycles. The maximum Gasteiger partial charge on any atom is 0.103 e. The van der Waals surface area contributed by atoms with Gasteiger partial charge in [0.25, 0.3) is 0 Å². The van der Waals surface area contributed by atoms with Crippen LogP contribution in [0.2, 0.25) is 0 Å². The molecule has 1 heterocycles. The fourth-order valence-corrected chi connectivity index (χ4v) is 2.95. The summed E-state index contributed by atoms with van der Waals surface area (Å²) in [6.45, 7) is 3.52. The van der Waals surface area contributed by atoms with Crippen LogP contribution < -0.4 is 0 Å². The molecule has 0 bridgehead atoms. The van der Waals surface area contributed by atoms with E-state index in [0.717, 1.165) is 24.8 Å². The summed E-state index contributed by atoms with van der Waals surface area (Å²) < 4.78 is 5.35. The van der Waals surface area contributed by atoms with E-state index in [9.17, 15) is 0 Å². The van der Waals surface area contributed by atoms with Crippen LogP contribution >= 0.6 is 0 Å². The zero-order chi connectivity index (χ0) is 13.5. The third kappa shape index (κ3) is 5.00. The molecule has 0 radical (unpaired) electrons. The molecule has 1 aliphatic rings. The molecule has 0 aliphatic heterocycles. The van der Waals surface area contributed by atoms with Gasteiger partial charge in [-0.1, -0.05) is 12.8 Å². The van der Waals surface area contributed by atoms with Crippen LogP contribution in [0.1, 0.15) is 37.9 Å². The summed E-state index contributed by atoms with van der Waals surface area (Å²) in [7, 11) is 4.51. The number of furan rings is 1. The Bertz CT molecular complexity index is 331. The summed E-state index contributed by atoms with van der Waals surface area (Å²) in [5, 5.41) is 0. The molecule has 0 spiro atoms. The number of rotatable bonds is 8. The van der Waals surface area contributed by atoms with Crippen LogP contribution in [0.25, 0.3) is 0 Å². The number of likely N-dealkylation sites (N-methyl/N-ethyl adjacent to an activating group) is 2. The smallest absolute Gasteiger partial charge is 0.103 e. The van der Waals surface area contributed by atoms with E-state index in [2.05, 4.69) is 30.0 Å². The van der Waals surface area contributed by atoms with Crippen molar-refractivity contribution in [2.75, 3.05) is 33.7 Å². The molecule has 1 saturated carbocycles. The van der Waals surface area contributed by atoms with Crippen molar-refractivity contribution in [2.24, 2.45) is 0 Å². The van der Waals surface area contributed by atoms with Crippen LogP contribution in [-0.2, 0) is 6.42 Å². The van der Waals surface area contributed by atoms with Gasteiger partial charge in [-0.25, -0.2) is 0 Å². The van der Waals surface area contributed by atoms with Crippen LogP contribution in [0.5, 0.6) is 0 Å². The summed E-state index contributed by atoms with van der Waals surface area (Å²) >= 11 is 0. The fraction of sp³-hybridized carbons (Fsp3) is 0.750. The molecule has 0 amide bonds. The van der Waals surface area contributed by atoms with Crippen molar-refractivity contribution in [1.29, 1.82) is 0 Å². The molecule has 0 unspecified atom stereocenters. The third-order valence-corrected chi connectivity index (χ3v) is 4.33. The lowest BCUT2D eigenvalue weighted by Crippen LogP contribution is -2.36. The van der Waals surface area contributed by atoms with E-state index >= 15 is 0 Å². The predicted octanol–water partition coefficient (Wildman–Crippen LogP) is 3.02. The minimum Gasteiger partial charge on any atom is -0.469 e. The second kappa shape index (κ2) is 7.71. The Morgan fingerprint density at radius 1 is 1.16 bits per heavy atom. The van der Waals surface area contributed by atoms with Gasteiger partial charge in [-0.2, -0.15) is 0 Å². The van der Waals surface area contributed by atoms with Crippen LogP contribution in [0.4, 0.5) is 0 Å². The van der Waals surface area contributed by atoms with E-state index in [0.29, 0.717) is 0 Å². The van der Waals surface area contributed by atoms with Gasteiger partial charge in [-0.05, 0) is 52.0 Å². The van der Waals surface area contributed by atoms with E-state index in [1.54, 1.807) is 6.26 Å². The van der Waals surface area contributed by atoms with Gasteiger partial charge < -0.3 is 14.2 Å². The number of nitrogens with zero attached hydrogens (tertiary/aromatic N) is 2. The fourth-order valence-electron chi connectivity index (χ4n) is 2.95. The van der Waals surface area contributed by atoms with Crippen molar-refractivity contribution in [1.82, 2.24) is 9.80 Å². The number of hydrogen-bond donors (Lipinski definition) is 0. The quantitative estimate of drug-likeness (QED) is 0.719. The molecule has 0 saturated heterocycles. The Balaban J connectivity index is 1.55. The van der Waals surface area contributed by atoms with Crippen molar-refractivity contribution in [2.45, 2.75) is 44.6 Å². The Kier molecular flexibility index (Phi) is 5.93. The van der Waals surface area contributed by atoms with Crippen molar-refractivity contribution in [3.05, 3.63) is 24.2 Å². The monoisotopic (exact) mass is 264 g/mol. The molecule has 19 heavy (non-hydrogen) atoms. The largest absolute Gasteiger partial charge is 0.469 e. The van der Waals surface area contributed by atoms with Gasteiger partial charge in [-0.3, -0.25) is 0 Å². The Hall–Kier alpha value is -0.800. The average molecular weight is 264 g/mol. The minimum absolute atomic E-state index is 0.844. The van der Waals surface area contributed by atoms with Crippen LogP contribution in [-0.4, -0.2) is 49.6 Å². The maximum absolute atomic E-state index is 5.35. The van der Waals surface area contributed by atoms with E-state index in [1.165, 1.54) is 45.2 Å². The molecular weight excluding hydrogens is 236 g/mol. The van der Waals surface area contributed by atoms with Gasteiger partial charge in [0.15, 0.2) is 0 Å². The maximum atomic E-state index is 5.35. The Morgan fingerprint density at radius 3 is 2.63 bits per heavy atom. The van der Waals surface area contributed by atoms with Crippen molar-refractivity contribution >= 4 is 0 Å². The second-order valence-corrected chi connectivity index (χ2v) is 5.91. The lowest BCUT2D eigenvalue weighted by Gasteiger charge is -2.26.